The van der Waals surface area contributed by atoms with E-state index in [4.69, 9.17) is 9.47 Å². The van der Waals surface area contributed by atoms with Gasteiger partial charge in [0.2, 0.25) is 0 Å². The smallest absolute Gasteiger partial charge is 0.319 e. The summed E-state index contributed by atoms with van der Waals surface area (Å²) in [6, 6.07) is 11.4. The Kier molecular flexibility index (Phi) is 5.89. The van der Waals surface area contributed by atoms with Crippen molar-refractivity contribution in [3.05, 3.63) is 63.8 Å². The SMILES string of the molecule is COc1ccc(NC(=O)C2=C(C)NC(=O)N[C@H]2c2cc(Br)ccc2OC)cc1. The Morgan fingerprint density at radius 2 is 1.82 bits per heavy atom. The lowest BCUT2D eigenvalue weighted by Crippen LogP contribution is -2.46. The molecule has 0 spiro atoms. The second kappa shape index (κ2) is 8.35. The standard InChI is InChI=1S/C20H20BrN3O4/c1-11-17(19(25)23-13-5-7-14(27-2)8-6-13)18(24-20(26)22-11)15-10-12(21)4-9-16(15)28-3/h4-10,18H,1-3H3,(H,23,25)(H2,22,24,26)/t18-/m0/s1. The number of benzene rings is 2. The Bertz CT molecular complexity index is 941. The third-order valence-corrected chi connectivity index (χ3v) is 4.86. The summed E-state index contributed by atoms with van der Waals surface area (Å²) in [4.78, 5) is 25.1. The van der Waals surface area contributed by atoms with Gasteiger partial charge in [0.15, 0.2) is 0 Å². The van der Waals surface area contributed by atoms with Crippen LogP contribution < -0.4 is 25.4 Å². The van der Waals surface area contributed by atoms with Crippen molar-refractivity contribution in [2.45, 2.75) is 13.0 Å². The molecular formula is C20H20BrN3O4. The zero-order valence-corrected chi connectivity index (χ0v) is 17.2. The van der Waals surface area contributed by atoms with Crippen molar-refractivity contribution in [2.75, 3.05) is 19.5 Å². The first-order valence-corrected chi connectivity index (χ1v) is 9.29. The Balaban J connectivity index is 1.97. The fourth-order valence-corrected chi connectivity index (χ4v) is 3.41. The molecule has 0 fully saturated rings. The minimum absolute atomic E-state index is 0.331. The van der Waals surface area contributed by atoms with Gasteiger partial charge in [0.1, 0.15) is 11.5 Å². The van der Waals surface area contributed by atoms with Crippen molar-refractivity contribution in [1.82, 2.24) is 10.6 Å². The molecule has 1 atom stereocenters. The van der Waals surface area contributed by atoms with Gasteiger partial charge in [-0.05, 0) is 49.4 Å². The van der Waals surface area contributed by atoms with Crippen molar-refractivity contribution in [2.24, 2.45) is 0 Å². The van der Waals surface area contributed by atoms with Gasteiger partial charge in [-0.3, -0.25) is 4.79 Å². The van der Waals surface area contributed by atoms with Crippen LogP contribution in [0.3, 0.4) is 0 Å². The normalized spacial score (nSPS) is 16.1. The summed E-state index contributed by atoms with van der Waals surface area (Å²) in [7, 11) is 3.12. The average Bonchev–Trinajstić information content (AvgIpc) is 2.67. The zero-order chi connectivity index (χ0) is 20.3. The van der Waals surface area contributed by atoms with E-state index in [0.717, 1.165) is 4.47 Å². The first-order valence-electron chi connectivity index (χ1n) is 8.50. The lowest BCUT2D eigenvalue weighted by Gasteiger charge is -2.29. The molecule has 0 radical (unpaired) electrons. The maximum Gasteiger partial charge on any atom is 0.319 e. The van der Waals surface area contributed by atoms with E-state index < -0.39 is 6.04 Å². The van der Waals surface area contributed by atoms with Crippen LogP contribution in [0.5, 0.6) is 11.5 Å². The zero-order valence-electron chi connectivity index (χ0n) is 15.6. The maximum absolute atomic E-state index is 13.1. The van der Waals surface area contributed by atoms with Gasteiger partial charge in [-0.25, -0.2) is 4.79 Å². The van der Waals surface area contributed by atoms with Gasteiger partial charge < -0.3 is 25.4 Å². The number of amides is 3. The van der Waals surface area contributed by atoms with Gasteiger partial charge in [-0.1, -0.05) is 15.9 Å². The van der Waals surface area contributed by atoms with Gasteiger partial charge in [0.05, 0.1) is 25.8 Å². The van der Waals surface area contributed by atoms with E-state index in [9.17, 15) is 9.59 Å². The molecule has 0 aromatic heterocycles. The molecule has 7 nitrogen and oxygen atoms in total. The highest BCUT2D eigenvalue weighted by atomic mass is 79.9. The number of anilines is 1. The van der Waals surface area contributed by atoms with Crippen LogP contribution in [-0.4, -0.2) is 26.2 Å². The maximum atomic E-state index is 13.1. The molecule has 0 saturated heterocycles. The van der Waals surface area contributed by atoms with Crippen LogP contribution in [0.25, 0.3) is 0 Å². The van der Waals surface area contributed by atoms with Crippen LogP contribution in [0.15, 0.2) is 58.2 Å². The van der Waals surface area contributed by atoms with Crippen molar-refractivity contribution in [1.29, 1.82) is 0 Å². The molecule has 0 unspecified atom stereocenters. The largest absolute Gasteiger partial charge is 0.497 e. The summed E-state index contributed by atoms with van der Waals surface area (Å²) in [6.07, 6.45) is 0. The molecule has 2 aromatic carbocycles. The highest BCUT2D eigenvalue weighted by Crippen LogP contribution is 2.35. The third kappa shape index (κ3) is 4.12. The topological polar surface area (TPSA) is 88.7 Å². The molecule has 3 rings (SSSR count). The Hall–Kier alpha value is -3.00. The predicted octanol–water partition coefficient (Wildman–Crippen LogP) is 3.73. The van der Waals surface area contributed by atoms with Crippen molar-refractivity contribution >= 4 is 33.6 Å². The summed E-state index contributed by atoms with van der Waals surface area (Å²) in [6.45, 7) is 1.69. The van der Waals surface area contributed by atoms with Gasteiger partial charge in [-0.15, -0.1) is 0 Å². The van der Waals surface area contributed by atoms with E-state index >= 15 is 0 Å². The molecule has 1 aliphatic heterocycles. The van der Waals surface area contributed by atoms with Gasteiger partial charge in [0, 0.05) is 21.4 Å². The monoisotopic (exact) mass is 445 g/mol. The Morgan fingerprint density at radius 1 is 1.11 bits per heavy atom. The fourth-order valence-electron chi connectivity index (χ4n) is 3.03. The Labute approximate surface area is 171 Å². The number of hydrogen-bond acceptors (Lipinski definition) is 4. The number of rotatable bonds is 5. The summed E-state index contributed by atoms with van der Waals surface area (Å²) in [5.74, 6) is 0.928. The minimum atomic E-state index is -0.667. The van der Waals surface area contributed by atoms with Gasteiger partial charge in [-0.2, -0.15) is 0 Å². The van der Waals surface area contributed by atoms with E-state index in [0.29, 0.717) is 34.0 Å². The van der Waals surface area contributed by atoms with Gasteiger partial charge >= 0.3 is 6.03 Å². The first-order chi connectivity index (χ1) is 13.4. The molecule has 3 amide bonds. The predicted molar refractivity (Wildman–Crippen MR) is 109 cm³/mol. The number of nitrogens with one attached hydrogen (secondary N) is 3. The number of carbonyl (C=O) groups excluding carboxylic acids is 2. The van der Waals surface area contributed by atoms with E-state index in [1.165, 1.54) is 0 Å². The minimum Gasteiger partial charge on any atom is -0.497 e. The van der Waals surface area contributed by atoms with Crippen LogP contribution in [0, 0.1) is 0 Å². The molecule has 3 N–H and O–H groups in total. The molecular weight excluding hydrogens is 426 g/mol. The summed E-state index contributed by atoms with van der Waals surface area (Å²) >= 11 is 3.43. The number of carbonyl (C=O) groups is 2. The second-order valence-corrected chi connectivity index (χ2v) is 7.05. The molecule has 0 bridgehead atoms. The average molecular weight is 446 g/mol. The van der Waals surface area contributed by atoms with E-state index in [-0.39, 0.29) is 11.9 Å². The van der Waals surface area contributed by atoms with E-state index in [1.54, 1.807) is 51.5 Å². The molecule has 8 heteroatoms. The lowest BCUT2D eigenvalue weighted by molar-refractivity contribution is -0.113. The number of ether oxygens (including phenoxy) is 2. The molecule has 0 aliphatic carbocycles. The van der Waals surface area contributed by atoms with Crippen molar-refractivity contribution in [3.63, 3.8) is 0 Å². The van der Waals surface area contributed by atoms with Crippen LogP contribution in [0.4, 0.5) is 10.5 Å². The number of hydrogen-bond donors (Lipinski definition) is 3. The number of halogens is 1. The quantitative estimate of drug-likeness (QED) is 0.653. The molecule has 1 heterocycles. The third-order valence-electron chi connectivity index (χ3n) is 4.36. The molecule has 146 valence electrons. The number of urea groups is 1. The van der Waals surface area contributed by atoms with E-state index in [1.807, 2.05) is 12.1 Å². The molecule has 28 heavy (non-hydrogen) atoms. The Morgan fingerprint density at radius 3 is 2.46 bits per heavy atom. The second-order valence-electron chi connectivity index (χ2n) is 6.14. The number of allylic oxidation sites excluding steroid dienone is 1. The first kappa shape index (κ1) is 19.8. The molecule has 2 aromatic rings. The fraction of sp³-hybridized carbons (Fsp3) is 0.200. The molecule has 1 aliphatic rings. The van der Waals surface area contributed by atoms with E-state index in [2.05, 4.69) is 31.9 Å². The summed E-state index contributed by atoms with van der Waals surface area (Å²) < 4.78 is 11.4. The number of methoxy groups -OCH3 is 2. The van der Waals surface area contributed by atoms with Crippen molar-refractivity contribution < 1.29 is 19.1 Å². The van der Waals surface area contributed by atoms with Crippen LogP contribution in [0.2, 0.25) is 0 Å². The van der Waals surface area contributed by atoms with Crippen LogP contribution >= 0.6 is 15.9 Å². The highest BCUT2D eigenvalue weighted by molar-refractivity contribution is 9.10. The summed E-state index contributed by atoms with van der Waals surface area (Å²) in [5.41, 5.74) is 2.16. The highest BCUT2D eigenvalue weighted by Gasteiger charge is 2.33. The summed E-state index contributed by atoms with van der Waals surface area (Å²) in [5, 5.41) is 8.34. The lowest BCUT2D eigenvalue weighted by atomic mass is 9.94. The van der Waals surface area contributed by atoms with Crippen LogP contribution in [-0.2, 0) is 4.79 Å². The van der Waals surface area contributed by atoms with Gasteiger partial charge in [0.25, 0.3) is 5.91 Å². The van der Waals surface area contributed by atoms with Crippen LogP contribution in [0.1, 0.15) is 18.5 Å². The molecule has 0 saturated carbocycles. The van der Waals surface area contributed by atoms with Crippen molar-refractivity contribution in [3.8, 4) is 11.5 Å².